The van der Waals surface area contributed by atoms with Crippen LogP contribution in [0, 0.1) is 6.92 Å². The van der Waals surface area contributed by atoms with Gasteiger partial charge in [0.2, 0.25) is 11.9 Å². The lowest BCUT2D eigenvalue weighted by molar-refractivity contribution is -0.121. The number of carbonyl (C=O) groups excluding carboxylic acids is 2. The van der Waals surface area contributed by atoms with Gasteiger partial charge in [-0.3, -0.25) is 14.5 Å². The van der Waals surface area contributed by atoms with Gasteiger partial charge in [0.1, 0.15) is 24.2 Å². The van der Waals surface area contributed by atoms with Crippen LogP contribution >= 0.6 is 0 Å². The van der Waals surface area contributed by atoms with Crippen LogP contribution in [0.5, 0.6) is 11.5 Å². The third-order valence-electron chi connectivity index (χ3n) is 5.81. The summed E-state index contributed by atoms with van der Waals surface area (Å²) in [5.41, 5.74) is 2.89. The molecule has 2 aliphatic heterocycles. The fraction of sp³-hybridized carbons (Fsp3) is 0.417. The molecule has 0 aromatic heterocycles. The van der Waals surface area contributed by atoms with Crippen molar-refractivity contribution in [1.82, 2.24) is 4.90 Å². The highest BCUT2D eigenvalue weighted by molar-refractivity contribution is 6.16. The Hall–Kier alpha value is -2.90. The molecule has 4 rings (SSSR count). The molecule has 7 heteroatoms. The minimum absolute atomic E-state index is 0.127. The highest BCUT2D eigenvalue weighted by atomic mass is 16.5. The van der Waals surface area contributed by atoms with Crippen LogP contribution in [0.2, 0.25) is 0 Å². The maximum absolute atomic E-state index is 12.3. The van der Waals surface area contributed by atoms with Crippen molar-refractivity contribution in [1.29, 1.82) is 0 Å². The molecular formula is C24H28N2O5. The van der Waals surface area contributed by atoms with Gasteiger partial charge in [-0.25, -0.2) is 0 Å². The second-order valence-corrected chi connectivity index (χ2v) is 8.17. The van der Waals surface area contributed by atoms with E-state index < -0.39 is 12.2 Å². The molecule has 0 aliphatic carbocycles. The van der Waals surface area contributed by atoms with Crippen LogP contribution in [0.25, 0.3) is 0 Å². The SMILES string of the molecule is CC(=O)C1Oc2ccc(OCC(O)CN3CCN(c4ccccc4C)CC3)cc2C1=O. The number of aliphatic hydroxyl groups excluding tert-OH is 1. The number of ether oxygens (including phenoxy) is 2. The lowest BCUT2D eigenvalue weighted by Crippen LogP contribution is -2.49. The van der Waals surface area contributed by atoms with Crippen molar-refractivity contribution in [2.75, 3.05) is 44.2 Å². The Kier molecular flexibility index (Phi) is 6.25. The number of nitrogens with zero attached hydrogens (tertiary/aromatic N) is 2. The van der Waals surface area contributed by atoms with Crippen LogP contribution in [-0.4, -0.2) is 73.1 Å². The Labute approximate surface area is 182 Å². The largest absolute Gasteiger partial charge is 0.491 e. The number of fused-ring (bicyclic) bond motifs is 1. The predicted octanol–water partition coefficient (Wildman–Crippen LogP) is 2.09. The molecule has 2 aliphatic rings. The molecule has 2 aromatic rings. The molecule has 2 heterocycles. The number of aliphatic hydroxyl groups is 1. The van der Waals surface area contributed by atoms with Crippen LogP contribution < -0.4 is 14.4 Å². The molecule has 164 valence electrons. The van der Waals surface area contributed by atoms with Gasteiger partial charge in [0.25, 0.3) is 0 Å². The smallest absolute Gasteiger partial charge is 0.219 e. The molecule has 1 N–H and O–H groups in total. The molecule has 31 heavy (non-hydrogen) atoms. The van der Waals surface area contributed by atoms with Gasteiger partial charge in [-0.05, 0) is 43.7 Å². The summed E-state index contributed by atoms with van der Waals surface area (Å²) in [4.78, 5) is 28.4. The van der Waals surface area contributed by atoms with E-state index in [0.717, 1.165) is 26.2 Å². The maximum Gasteiger partial charge on any atom is 0.219 e. The third kappa shape index (κ3) is 4.73. The first-order valence-electron chi connectivity index (χ1n) is 10.6. The summed E-state index contributed by atoms with van der Waals surface area (Å²) >= 11 is 0. The highest BCUT2D eigenvalue weighted by Crippen LogP contribution is 2.32. The molecule has 1 fully saturated rings. The van der Waals surface area contributed by atoms with E-state index in [4.69, 9.17) is 9.47 Å². The number of hydrogen-bond acceptors (Lipinski definition) is 7. The highest BCUT2D eigenvalue weighted by Gasteiger charge is 2.36. The first kappa shape index (κ1) is 21.3. The predicted molar refractivity (Wildman–Crippen MR) is 117 cm³/mol. The summed E-state index contributed by atoms with van der Waals surface area (Å²) in [6.45, 7) is 7.71. The van der Waals surface area contributed by atoms with Gasteiger partial charge in [-0.1, -0.05) is 18.2 Å². The van der Waals surface area contributed by atoms with Crippen LogP contribution in [0.1, 0.15) is 22.8 Å². The number of rotatable bonds is 7. The van der Waals surface area contributed by atoms with Gasteiger partial charge in [0, 0.05) is 38.4 Å². The standard InChI is InChI=1S/C24H28N2O5/c1-16-5-3-4-6-21(16)26-11-9-25(10-12-26)14-18(28)15-30-19-7-8-22-20(13-19)23(29)24(31-22)17(2)27/h3-8,13,18,24,28H,9-12,14-15H2,1-2H3. The topological polar surface area (TPSA) is 79.3 Å². The average Bonchev–Trinajstić information content (AvgIpc) is 3.10. The van der Waals surface area contributed by atoms with Crippen LogP contribution in [0.3, 0.4) is 0 Å². The second-order valence-electron chi connectivity index (χ2n) is 8.17. The Bertz CT molecular complexity index is 968. The minimum Gasteiger partial charge on any atom is -0.491 e. The number of ketones is 2. The number of para-hydroxylation sites is 1. The van der Waals surface area contributed by atoms with Gasteiger partial charge in [0.05, 0.1) is 5.56 Å². The number of benzene rings is 2. The zero-order chi connectivity index (χ0) is 22.0. The summed E-state index contributed by atoms with van der Waals surface area (Å²) in [6.07, 6.45) is -1.70. The molecule has 0 spiro atoms. The van der Waals surface area contributed by atoms with E-state index in [1.54, 1.807) is 18.2 Å². The number of anilines is 1. The van der Waals surface area contributed by atoms with Gasteiger partial charge >= 0.3 is 0 Å². The summed E-state index contributed by atoms with van der Waals surface area (Å²) in [5.74, 6) is 0.203. The number of piperazine rings is 1. The van der Waals surface area contributed by atoms with Gasteiger partial charge in [-0.15, -0.1) is 0 Å². The lowest BCUT2D eigenvalue weighted by Gasteiger charge is -2.37. The normalized spacial score (nSPS) is 19.6. The van der Waals surface area contributed by atoms with Crippen LogP contribution in [-0.2, 0) is 4.79 Å². The molecular weight excluding hydrogens is 396 g/mol. The fourth-order valence-electron chi connectivity index (χ4n) is 4.12. The zero-order valence-corrected chi connectivity index (χ0v) is 17.9. The number of hydrogen-bond donors (Lipinski definition) is 1. The Morgan fingerprint density at radius 1 is 1.19 bits per heavy atom. The number of β-amino-alcohol motifs (C(OH)–C–C–N with tert-alkyl or cyclic N) is 1. The van der Waals surface area contributed by atoms with E-state index in [2.05, 4.69) is 41.0 Å². The molecule has 2 atom stereocenters. The van der Waals surface area contributed by atoms with E-state index in [9.17, 15) is 14.7 Å². The molecule has 2 aromatic carbocycles. The van der Waals surface area contributed by atoms with Crippen molar-refractivity contribution in [3.63, 3.8) is 0 Å². The fourth-order valence-corrected chi connectivity index (χ4v) is 4.12. The first-order valence-corrected chi connectivity index (χ1v) is 10.6. The third-order valence-corrected chi connectivity index (χ3v) is 5.81. The minimum atomic E-state index is -1.06. The molecule has 0 radical (unpaired) electrons. The van der Waals surface area contributed by atoms with E-state index in [1.165, 1.54) is 18.2 Å². The molecule has 0 amide bonds. The van der Waals surface area contributed by atoms with E-state index in [1.807, 2.05) is 0 Å². The van der Waals surface area contributed by atoms with Crippen molar-refractivity contribution in [2.45, 2.75) is 26.1 Å². The van der Waals surface area contributed by atoms with Crippen LogP contribution in [0.4, 0.5) is 5.69 Å². The van der Waals surface area contributed by atoms with Gasteiger partial charge < -0.3 is 19.5 Å². The summed E-state index contributed by atoms with van der Waals surface area (Å²) in [7, 11) is 0. The molecule has 2 unspecified atom stereocenters. The first-order chi connectivity index (χ1) is 14.9. The van der Waals surface area contributed by atoms with Crippen molar-refractivity contribution in [2.24, 2.45) is 0 Å². The summed E-state index contributed by atoms with van der Waals surface area (Å²) in [5, 5.41) is 10.4. The Morgan fingerprint density at radius 3 is 2.65 bits per heavy atom. The van der Waals surface area contributed by atoms with Crippen molar-refractivity contribution < 1.29 is 24.2 Å². The molecule has 7 nitrogen and oxygen atoms in total. The van der Waals surface area contributed by atoms with Gasteiger partial charge in [0.15, 0.2) is 5.78 Å². The van der Waals surface area contributed by atoms with E-state index in [-0.39, 0.29) is 18.2 Å². The summed E-state index contributed by atoms with van der Waals surface area (Å²) < 4.78 is 11.1. The zero-order valence-electron chi connectivity index (χ0n) is 17.9. The number of aryl methyl sites for hydroxylation is 1. The van der Waals surface area contributed by atoms with E-state index in [0.29, 0.717) is 23.6 Å². The number of Topliss-reactive ketones (excluding diaryl/α,β-unsaturated/α-hetero) is 2. The monoisotopic (exact) mass is 424 g/mol. The van der Waals surface area contributed by atoms with E-state index >= 15 is 0 Å². The van der Waals surface area contributed by atoms with Gasteiger partial charge in [-0.2, -0.15) is 0 Å². The summed E-state index contributed by atoms with van der Waals surface area (Å²) in [6, 6.07) is 13.3. The maximum atomic E-state index is 12.3. The molecule has 1 saturated heterocycles. The molecule has 0 saturated carbocycles. The Morgan fingerprint density at radius 2 is 1.94 bits per heavy atom. The quantitative estimate of drug-likeness (QED) is 0.682. The molecule has 0 bridgehead atoms. The number of carbonyl (C=O) groups is 2. The van der Waals surface area contributed by atoms with Crippen molar-refractivity contribution in [3.8, 4) is 11.5 Å². The lowest BCUT2D eigenvalue weighted by atomic mass is 10.1. The Balaban J connectivity index is 1.25. The van der Waals surface area contributed by atoms with Crippen LogP contribution in [0.15, 0.2) is 42.5 Å². The average molecular weight is 424 g/mol. The van der Waals surface area contributed by atoms with Crippen molar-refractivity contribution >= 4 is 17.3 Å². The second kappa shape index (κ2) is 9.08. The van der Waals surface area contributed by atoms with Crippen molar-refractivity contribution in [3.05, 3.63) is 53.6 Å².